The third kappa shape index (κ3) is 4.74. The van der Waals surface area contributed by atoms with Crippen LogP contribution in [0.2, 0.25) is 0 Å². The molecule has 0 unspecified atom stereocenters. The maximum atomic E-state index is 14.1. The minimum absolute atomic E-state index is 0.0342. The lowest BCUT2D eigenvalue weighted by molar-refractivity contribution is -0.137. The standard InChI is InChI=1S/C16H14F4N2O5S2/c1-15(2,25)14(24)22-13-8(12(21)23)6-11(28-13)29(26,27)10-4-3-7(5-9(10)17)16(18,19)20/h3-6,25H,1-2H3,(H2,21,23)(H,22,24). The zero-order chi connectivity index (χ0) is 22.4. The highest BCUT2D eigenvalue weighted by molar-refractivity contribution is 7.93. The van der Waals surface area contributed by atoms with E-state index in [1.165, 1.54) is 0 Å². The van der Waals surface area contributed by atoms with E-state index in [-0.39, 0.29) is 11.1 Å². The normalized spacial score (nSPS) is 12.7. The average Bonchev–Trinajstić information content (AvgIpc) is 2.97. The summed E-state index contributed by atoms with van der Waals surface area (Å²) < 4.78 is 76.8. The highest BCUT2D eigenvalue weighted by Gasteiger charge is 2.34. The second-order valence-electron chi connectivity index (χ2n) is 6.33. The van der Waals surface area contributed by atoms with Crippen LogP contribution < -0.4 is 11.1 Å². The number of benzene rings is 1. The fourth-order valence-electron chi connectivity index (χ4n) is 2.04. The van der Waals surface area contributed by atoms with Crippen LogP contribution in [0, 0.1) is 5.82 Å². The molecule has 0 fully saturated rings. The minimum atomic E-state index is -4.88. The quantitative estimate of drug-likeness (QED) is 0.599. The van der Waals surface area contributed by atoms with Crippen molar-refractivity contribution in [3.63, 3.8) is 0 Å². The number of nitrogens with two attached hydrogens (primary N) is 1. The van der Waals surface area contributed by atoms with Crippen LogP contribution in [0.3, 0.4) is 0 Å². The van der Waals surface area contributed by atoms with E-state index >= 15 is 0 Å². The van der Waals surface area contributed by atoms with Crippen LogP contribution in [0.1, 0.15) is 29.8 Å². The first kappa shape index (κ1) is 22.8. The largest absolute Gasteiger partial charge is 0.416 e. The fourth-order valence-corrected chi connectivity index (χ4v) is 4.84. The molecule has 0 bridgehead atoms. The number of hydrogen-bond acceptors (Lipinski definition) is 6. The third-order valence-electron chi connectivity index (χ3n) is 3.57. The van der Waals surface area contributed by atoms with E-state index in [1.54, 1.807) is 0 Å². The number of nitrogens with one attached hydrogen (secondary N) is 1. The maximum absolute atomic E-state index is 14.1. The van der Waals surface area contributed by atoms with Gasteiger partial charge in [0, 0.05) is 0 Å². The number of halogens is 4. The molecule has 0 atom stereocenters. The van der Waals surface area contributed by atoms with Crippen molar-refractivity contribution in [1.29, 1.82) is 0 Å². The van der Waals surface area contributed by atoms with Crippen LogP contribution in [0.5, 0.6) is 0 Å². The first-order valence-corrected chi connectivity index (χ1v) is 9.94. The summed E-state index contributed by atoms with van der Waals surface area (Å²) in [5, 5.41) is 11.5. The Labute approximate surface area is 166 Å². The van der Waals surface area contributed by atoms with Gasteiger partial charge in [-0.2, -0.15) is 13.2 Å². The lowest BCUT2D eigenvalue weighted by atomic mass is 10.1. The monoisotopic (exact) mass is 454 g/mol. The Hall–Kier alpha value is -2.51. The molecule has 7 nitrogen and oxygen atoms in total. The first-order valence-electron chi connectivity index (χ1n) is 7.64. The zero-order valence-corrected chi connectivity index (χ0v) is 16.4. The van der Waals surface area contributed by atoms with E-state index in [2.05, 4.69) is 5.32 Å². The molecule has 2 rings (SSSR count). The van der Waals surface area contributed by atoms with Gasteiger partial charge >= 0.3 is 6.18 Å². The Morgan fingerprint density at radius 2 is 1.76 bits per heavy atom. The van der Waals surface area contributed by atoms with Crippen LogP contribution in [0.4, 0.5) is 22.6 Å². The zero-order valence-electron chi connectivity index (χ0n) is 14.8. The summed E-state index contributed by atoms with van der Waals surface area (Å²) in [6, 6.07) is 1.65. The van der Waals surface area contributed by atoms with Crippen LogP contribution in [0.25, 0.3) is 0 Å². The molecule has 4 N–H and O–H groups in total. The third-order valence-corrected chi connectivity index (χ3v) is 6.88. The van der Waals surface area contributed by atoms with E-state index in [9.17, 15) is 40.7 Å². The number of primary amides is 1. The number of amides is 2. The molecule has 158 valence electrons. The molecule has 0 aliphatic rings. The molecule has 0 aliphatic carbocycles. The van der Waals surface area contributed by atoms with Crippen molar-refractivity contribution in [3.05, 3.63) is 41.2 Å². The van der Waals surface area contributed by atoms with Gasteiger partial charge in [0.05, 0.1) is 11.1 Å². The molecule has 1 heterocycles. The van der Waals surface area contributed by atoms with E-state index < -0.39 is 59.5 Å². The Morgan fingerprint density at radius 1 is 1.17 bits per heavy atom. The molecule has 29 heavy (non-hydrogen) atoms. The van der Waals surface area contributed by atoms with E-state index in [4.69, 9.17) is 5.73 Å². The molecule has 0 saturated carbocycles. The molecular weight excluding hydrogens is 440 g/mol. The van der Waals surface area contributed by atoms with Gasteiger partial charge in [-0.15, -0.1) is 11.3 Å². The predicted octanol–water partition coefficient (Wildman–Crippen LogP) is 2.55. The van der Waals surface area contributed by atoms with Gasteiger partial charge in [0.1, 0.15) is 25.5 Å². The fraction of sp³-hybridized carbons (Fsp3) is 0.250. The van der Waals surface area contributed by atoms with Gasteiger partial charge in [0.2, 0.25) is 9.84 Å². The van der Waals surface area contributed by atoms with Gasteiger partial charge in [0.15, 0.2) is 0 Å². The molecule has 2 aromatic rings. The van der Waals surface area contributed by atoms with Crippen molar-refractivity contribution in [2.75, 3.05) is 5.32 Å². The van der Waals surface area contributed by atoms with E-state index in [0.29, 0.717) is 23.5 Å². The molecule has 1 aromatic carbocycles. The number of hydrogen-bond donors (Lipinski definition) is 3. The number of thiophene rings is 1. The van der Waals surface area contributed by atoms with Crippen molar-refractivity contribution >= 4 is 38.0 Å². The lowest BCUT2D eigenvalue weighted by Crippen LogP contribution is -2.36. The van der Waals surface area contributed by atoms with Crippen molar-refractivity contribution < 1.29 is 40.7 Å². The second kappa shape index (κ2) is 7.39. The number of rotatable bonds is 5. The SMILES string of the molecule is CC(C)(O)C(=O)Nc1sc(S(=O)(=O)c2ccc(C(F)(F)F)cc2F)cc1C(N)=O. The Morgan fingerprint density at radius 3 is 2.21 bits per heavy atom. The summed E-state index contributed by atoms with van der Waals surface area (Å²) in [5.41, 5.74) is 1.46. The van der Waals surface area contributed by atoms with Crippen LogP contribution in [0.15, 0.2) is 33.4 Å². The number of carbonyl (C=O) groups excluding carboxylic acids is 2. The average molecular weight is 454 g/mol. The van der Waals surface area contributed by atoms with Gasteiger partial charge in [-0.05, 0) is 38.1 Å². The molecule has 0 spiro atoms. The van der Waals surface area contributed by atoms with Crippen molar-refractivity contribution in [3.8, 4) is 0 Å². The van der Waals surface area contributed by atoms with Gasteiger partial charge in [-0.3, -0.25) is 9.59 Å². The predicted molar refractivity (Wildman–Crippen MR) is 94.6 cm³/mol. The summed E-state index contributed by atoms with van der Waals surface area (Å²) in [6.45, 7) is 2.27. The van der Waals surface area contributed by atoms with Crippen LogP contribution >= 0.6 is 11.3 Å². The molecular formula is C16H14F4N2O5S2. The topological polar surface area (TPSA) is 127 Å². The Balaban J connectivity index is 2.55. The van der Waals surface area contributed by atoms with Crippen molar-refractivity contribution in [2.45, 2.75) is 34.7 Å². The van der Waals surface area contributed by atoms with E-state index in [0.717, 1.165) is 19.9 Å². The Kier molecular flexibility index (Phi) is 5.80. The smallest absolute Gasteiger partial charge is 0.381 e. The van der Waals surface area contributed by atoms with Gasteiger partial charge in [-0.25, -0.2) is 12.8 Å². The van der Waals surface area contributed by atoms with Gasteiger partial charge in [0.25, 0.3) is 11.8 Å². The summed E-state index contributed by atoms with van der Waals surface area (Å²) in [7, 11) is -4.68. The van der Waals surface area contributed by atoms with Crippen molar-refractivity contribution in [1.82, 2.24) is 0 Å². The molecule has 0 radical (unpaired) electrons. The molecule has 2 amide bonds. The molecule has 1 aromatic heterocycles. The highest BCUT2D eigenvalue weighted by atomic mass is 32.2. The van der Waals surface area contributed by atoms with Gasteiger partial charge in [-0.1, -0.05) is 0 Å². The Bertz CT molecular complexity index is 1090. The summed E-state index contributed by atoms with van der Waals surface area (Å²) >= 11 is 0.332. The minimum Gasteiger partial charge on any atom is -0.381 e. The number of sulfone groups is 1. The van der Waals surface area contributed by atoms with E-state index in [1.807, 2.05) is 0 Å². The first-order chi connectivity index (χ1) is 13.0. The van der Waals surface area contributed by atoms with Crippen LogP contribution in [-0.2, 0) is 20.8 Å². The lowest BCUT2D eigenvalue weighted by Gasteiger charge is -2.16. The molecule has 0 aliphatic heterocycles. The second-order valence-corrected chi connectivity index (χ2v) is 9.53. The molecule has 13 heteroatoms. The number of anilines is 1. The highest BCUT2D eigenvalue weighted by Crippen LogP contribution is 2.37. The summed E-state index contributed by atoms with van der Waals surface area (Å²) in [4.78, 5) is 22.4. The number of carbonyl (C=O) groups is 2. The molecule has 0 saturated heterocycles. The van der Waals surface area contributed by atoms with Crippen LogP contribution in [-0.4, -0.2) is 30.9 Å². The van der Waals surface area contributed by atoms with Gasteiger partial charge < -0.3 is 16.2 Å². The maximum Gasteiger partial charge on any atom is 0.416 e. The number of aliphatic hydroxyl groups is 1. The summed E-state index contributed by atoms with van der Waals surface area (Å²) in [6.07, 6.45) is -4.88. The van der Waals surface area contributed by atoms with Crippen molar-refractivity contribution in [2.24, 2.45) is 5.73 Å². The number of alkyl halides is 3. The summed E-state index contributed by atoms with van der Waals surface area (Å²) in [5.74, 6) is -3.75.